The number of fused-ring (bicyclic) bond motifs is 1. The van der Waals surface area contributed by atoms with Crippen molar-refractivity contribution in [2.75, 3.05) is 0 Å². The molecule has 0 unspecified atom stereocenters. The normalized spacial score (nSPS) is 11.6. The number of rotatable bonds is 4. The van der Waals surface area contributed by atoms with Gasteiger partial charge in [0.15, 0.2) is 0 Å². The first-order valence-electron chi connectivity index (χ1n) is 8.17. The highest BCUT2D eigenvalue weighted by molar-refractivity contribution is 9.10. The average Bonchev–Trinajstić information content (AvgIpc) is 2.66. The van der Waals surface area contributed by atoms with Crippen molar-refractivity contribution < 1.29 is 14.7 Å². The summed E-state index contributed by atoms with van der Waals surface area (Å²) in [6.45, 7) is 1.85. The molecule has 3 aromatic carbocycles. The largest absolute Gasteiger partial charge is 0.478 e. The number of carboxylic acid groups (broad SMARTS) is 1. The van der Waals surface area contributed by atoms with Gasteiger partial charge in [0.25, 0.3) is 5.91 Å². The molecule has 1 atom stereocenters. The summed E-state index contributed by atoms with van der Waals surface area (Å²) in [7, 11) is 0. The Kier molecular flexibility index (Phi) is 5.24. The van der Waals surface area contributed by atoms with Crippen LogP contribution in [0.2, 0.25) is 0 Å². The zero-order valence-electron chi connectivity index (χ0n) is 14.4. The van der Waals surface area contributed by atoms with Crippen molar-refractivity contribution in [3.8, 4) is 6.07 Å². The van der Waals surface area contributed by atoms with Crippen LogP contribution in [0.5, 0.6) is 0 Å². The SMILES string of the molecule is C[C@@H](NC(=O)c1cc(C(=O)O)ccc1C#N)c1cc(Br)cc2ccccc12. The Morgan fingerprint density at radius 3 is 2.59 bits per heavy atom. The Labute approximate surface area is 164 Å². The highest BCUT2D eigenvalue weighted by Crippen LogP contribution is 2.29. The highest BCUT2D eigenvalue weighted by atomic mass is 79.9. The summed E-state index contributed by atoms with van der Waals surface area (Å²) < 4.78 is 0.892. The van der Waals surface area contributed by atoms with Gasteiger partial charge in [0.05, 0.1) is 28.8 Å². The van der Waals surface area contributed by atoms with Crippen molar-refractivity contribution in [2.24, 2.45) is 0 Å². The molecule has 2 N–H and O–H groups in total. The zero-order valence-corrected chi connectivity index (χ0v) is 15.9. The quantitative estimate of drug-likeness (QED) is 0.639. The fraction of sp³-hybridized carbons (Fsp3) is 0.0952. The number of hydrogen-bond acceptors (Lipinski definition) is 3. The lowest BCUT2D eigenvalue weighted by Crippen LogP contribution is -2.27. The van der Waals surface area contributed by atoms with E-state index >= 15 is 0 Å². The van der Waals surface area contributed by atoms with Crippen LogP contribution in [-0.4, -0.2) is 17.0 Å². The second-order valence-corrected chi connectivity index (χ2v) is 7.00. The van der Waals surface area contributed by atoms with Crippen molar-refractivity contribution >= 4 is 38.6 Å². The van der Waals surface area contributed by atoms with E-state index in [1.54, 1.807) is 0 Å². The molecule has 0 saturated carbocycles. The summed E-state index contributed by atoms with van der Waals surface area (Å²) >= 11 is 3.49. The number of halogens is 1. The molecule has 0 aliphatic heterocycles. The van der Waals surface area contributed by atoms with Crippen molar-refractivity contribution in [3.05, 3.63) is 81.3 Å². The van der Waals surface area contributed by atoms with E-state index in [9.17, 15) is 14.9 Å². The Hall–Kier alpha value is -3.17. The fourth-order valence-electron chi connectivity index (χ4n) is 2.98. The molecule has 0 aromatic heterocycles. The van der Waals surface area contributed by atoms with Crippen molar-refractivity contribution in [3.63, 3.8) is 0 Å². The third kappa shape index (κ3) is 3.83. The Bertz CT molecular complexity index is 1100. The summed E-state index contributed by atoms with van der Waals surface area (Å²) in [5.74, 6) is -1.65. The average molecular weight is 423 g/mol. The number of nitriles is 1. The van der Waals surface area contributed by atoms with Crippen LogP contribution >= 0.6 is 15.9 Å². The summed E-state index contributed by atoms with van der Waals surface area (Å²) in [5, 5.41) is 23.3. The van der Waals surface area contributed by atoms with Crippen LogP contribution in [0.3, 0.4) is 0 Å². The third-order valence-electron chi connectivity index (χ3n) is 4.30. The van der Waals surface area contributed by atoms with E-state index in [0.717, 1.165) is 20.8 Å². The number of hydrogen-bond donors (Lipinski definition) is 2. The molecule has 0 aliphatic carbocycles. The number of benzene rings is 3. The number of carbonyl (C=O) groups is 2. The highest BCUT2D eigenvalue weighted by Gasteiger charge is 2.18. The maximum Gasteiger partial charge on any atom is 0.335 e. The molecule has 3 rings (SSSR count). The van der Waals surface area contributed by atoms with E-state index in [-0.39, 0.29) is 22.7 Å². The van der Waals surface area contributed by atoms with Crippen LogP contribution in [0.15, 0.2) is 59.1 Å². The predicted octanol–water partition coefficient (Wildman–Crippen LogP) is 4.66. The Morgan fingerprint density at radius 1 is 1.15 bits per heavy atom. The van der Waals surface area contributed by atoms with Crippen molar-refractivity contribution in [1.29, 1.82) is 5.26 Å². The minimum Gasteiger partial charge on any atom is -0.478 e. The van der Waals surface area contributed by atoms with Crippen LogP contribution in [0, 0.1) is 11.3 Å². The molecule has 0 aliphatic rings. The van der Waals surface area contributed by atoms with E-state index in [2.05, 4.69) is 21.2 Å². The van der Waals surface area contributed by atoms with Gasteiger partial charge in [0.2, 0.25) is 0 Å². The minimum atomic E-state index is -1.15. The zero-order chi connectivity index (χ0) is 19.6. The molecule has 0 fully saturated rings. The minimum absolute atomic E-state index is 0.0419. The predicted molar refractivity (Wildman–Crippen MR) is 106 cm³/mol. The van der Waals surface area contributed by atoms with Crippen LogP contribution < -0.4 is 5.32 Å². The molecule has 0 saturated heterocycles. The van der Waals surface area contributed by atoms with Crippen molar-refractivity contribution in [2.45, 2.75) is 13.0 Å². The van der Waals surface area contributed by atoms with Gasteiger partial charge in [-0.1, -0.05) is 40.2 Å². The molecule has 5 nitrogen and oxygen atoms in total. The second kappa shape index (κ2) is 7.60. The fourth-order valence-corrected chi connectivity index (χ4v) is 3.47. The Balaban J connectivity index is 1.97. The first-order valence-corrected chi connectivity index (χ1v) is 8.96. The van der Waals surface area contributed by atoms with E-state index in [0.29, 0.717) is 0 Å². The van der Waals surface area contributed by atoms with Gasteiger partial charge in [-0.2, -0.15) is 5.26 Å². The maximum absolute atomic E-state index is 12.7. The van der Waals surface area contributed by atoms with Gasteiger partial charge >= 0.3 is 5.97 Å². The molecule has 0 heterocycles. The molecule has 0 radical (unpaired) electrons. The van der Waals surface area contributed by atoms with Crippen molar-refractivity contribution in [1.82, 2.24) is 5.32 Å². The molecule has 1 amide bonds. The molecule has 0 spiro atoms. The van der Waals surface area contributed by atoms with Gasteiger partial charge in [0.1, 0.15) is 0 Å². The first-order chi connectivity index (χ1) is 12.9. The second-order valence-electron chi connectivity index (χ2n) is 6.09. The first kappa shape index (κ1) is 18.6. The number of carboxylic acids is 1. The van der Waals surface area contributed by atoms with E-state index in [1.165, 1.54) is 18.2 Å². The standard InChI is InChI=1S/C21H15BrN2O3/c1-12(18-10-16(22)8-13-4-2-3-5-17(13)18)24-20(25)19-9-14(21(26)27)6-7-15(19)11-23/h2-10,12H,1H3,(H,24,25)(H,26,27)/t12-/m1/s1. The van der Waals surface area contributed by atoms with Crippen LogP contribution in [0.1, 0.15) is 44.8 Å². The lowest BCUT2D eigenvalue weighted by atomic mass is 9.98. The van der Waals surface area contributed by atoms with E-state index in [1.807, 2.05) is 49.4 Å². The van der Waals surface area contributed by atoms with Gasteiger partial charge < -0.3 is 10.4 Å². The molecule has 6 heteroatoms. The molecular formula is C21H15BrN2O3. The molecule has 0 bridgehead atoms. The van der Waals surface area contributed by atoms with Crippen LogP contribution in [0.4, 0.5) is 0 Å². The third-order valence-corrected chi connectivity index (χ3v) is 4.76. The number of carbonyl (C=O) groups excluding carboxylic acids is 1. The number of aromatic carboxylic acids is 1. The van der Waals surface area contributed by atoms with E-state index in [4.69, 9.17) is 5.11 Å². The van der Waals surface area contributed by atoms with Gasteiger partial charge in [-0.15, -0.1) is 0 Å². The topological polar surface area (TPSA) is 90.2 Å². The lowest BCUT2D eigenvalue weighted by molar-refractivity contribution is 0.0697. The number of nitrogens with zero attached hydrogens (tertiary/aromatic N) is 1. The van der Waals surface area contributed by atoms with Gasteiger partial charge in [-0.3, -0.25) is 4.79 Å². The van der Waals surface area contributed by atoms with Gasteiger partial charge in [0, 0.05) is 4.47 Å². The maximum atomic E-state index is 12.7. The summed E-state index contributed by atoms with van der Waals surface area (Å²) in [5.41, 5.74) is 1.05. The molecular weight excluding hydrogens is 408 g/mol. The van der Waals surface area contributed by atoms with E-state index < -0.39 is 11.9 Å². The smallest absolute Gasteiger partial charge is 0.335 e. The summed E-state index contributed by atoms with van der Waals surface area (Å²) in [6, 6.07) is 17.2. The summed E-state index contributed by atoms with van der Waals surface area (Å²) in [6.07, 6.45) is 0. The van der Waals surface area contributed by atoms with Gasteiger partial charge in [-0.25, -0.2) is 4.79 Å². The van der Waals surface area contributed by atoms with Crippen LogP contribution in [0.25, 0.3) is 10.8 Å². The lowest BCUT2D eigenvalue weighted by Gasteiger charge is -2.18. The molecule has 3 aromatic rings. The molecule has 27 heavy (non-hydrogen) atoms. The molecule has 134 valence electrons. The number of amides is 1. The number of nitrogens with one attached hydrogen (secondary N) is 1. The monoisotopic (exact) mass is 422 g/mol. The Morgan fingerprint density at radius 2 is 1.89 bits per heavy atom. The van der Waals surface area contributed by atoms with Crippen LogP contribution in [-0.2, 0) is 0 Å². The van der Waals surface area contributed by atoms with Gasteiger partial charge in [-0.05, 0) is 53.6 Å². The summed E-state index contributed by atoms with van der Waals surface area (Å²) in [4.78, 5) is 23.9.